The molecule has 0 spiro atoms. The highest BCUT2D eigenvalue weighted by Crippen LogP contribution is 2.29. The maximum Gasteiger partial charge on any atom is 0.311 e. The average molecular weight is 254 g/mol. The Morgan fingerprint density at radius 2 is 2.22 bits per heavy atom. The molecule has 0 fully saturated rings. The molecule has 0 aliphatic carbocycles. The van der Waals surface area contributed by atoms with Gasteiger partial charge in [0.1, 0.15) is 0 Å². The second-order valence-electron chi connectivity index (χ2n) is 4.03. The molecule has 0 aliphatic heterocycles. The summed E-state index contributed by atoms with van der Waals surface area (Å²) in [6, 6.07) is 2.93. The molecule has 0 saturated carbocycles. The molecular weight excluding hydrogens is 236 g/mol. The lowest BCUT2D eigenvalue weighted by molar-refractivity contribution is -0.384. The predicted octanol–water partition coefficient (Wildman–Crippen LogP) is 1.17. The van der Waals surface area contributed by atoms with Crippen LogP contribution in [-0.2, 0) is 0 Å². The number of nitrogens with two attached hydrogens (primary N) is 1. The average Bonchev–Trinajstić information content (AvgIpc) is 2.34. The first kappa shape index (κ1) is 14.2. The number of ether oxygens (including phenoxy) is 1. The van der Waals surface area contributed by atoms with Crippen molar-refractivity contribution in [3.8, 4) is 5.88 Å². The Bertz CT molecular complexity index is 423. The lowest BCUT2D eigenvalue weighted by atomic mass is 10.2. The van der Waals surface area contributed by atoms with Crippen LogP contribution in [0.3, 0.4) is 0 Å². The van der Waals surface area contributed by atoms with Crippen molar-refractivity contribution in [3.05, 3.63) is 22.2 Å². The van der Waals surface area contributed by atoms with E-state index >= 15 is 0 Å². The van der Waals surface area contributed by atoms with Crippen LogP contribution in [-0.4, -0.2) is 36.1 Å². The van der Waals surface area contributed by atoms with Gasteiger partial charge in [-0.1, -0.05) is 0 Å². The molecule has 0 aromatic carbocycles. The molecule has 0 atom stereocenters. The Morgan fingerprint density at radius 1 is 1.56 bits per heavy atom. The number of methoxy groups -OCH3 is 1. The molecule has 0 saturated heterocycles. The van der Waals surface area contributed by atoms with Gasteiger partial charge >= 0.3 is 5.69 Å². The van der Waals surface area contributed by atoms with Crippen molar-refractivity contribution in [1.29, 1.82) is 0 Å². The highest BCUT2D eigenvalue weighted by atomic mass is 16.6. The molecule has 0 aliphatic rings. The van der Waals surface area contributed by atoms with Crippen molar-refractivity contribution < 1.29 is 9.66 Å². The molecule has 7 nitrogen and oxygen atoms in total. The van der Waals surface area contributed by atoms with Crippen LogP contribution in [0.1, 0.15) is 13.8 Å². The highest BCUT2D eigenvalue weighted by molar-refractivity contribution is 5.59. The number of nitro groups is 1. The number of nitrogens with zero attached hydrogens (tertiary/aromatic N) is 3. The van der Waals surface area contributed by atoms with Crippen molar-refractivity contribution >= 4 is 11.5 Å². The fourth-order valence-electron chi connectivity index (χ4n) is 1.64. The smallest absolute Gasteiger partial charge is 0.311 e. The fourth-order valence-corrected chi connectivity index (χ4v) is 1.64. The summed E-state index contributed by atoms with van der Waals surface area (Å²) in [4.78, 5) is 16.5. The highest BCUT2D eigenvalue weighted by Gasteiger charge is 2.23. The van der Waals surface area contributed by atoms with Crippen LogP contribution in [0.2, 0.25) is 0 Å². The minimum Gasteiger partial charge on any atom is -0.481 e. The molecule has 0 unspecified atom stereocenters. The summed E-state index contributed by atoms with van der Waals surface area (Å²) in [5.41, 5.74) is 5.49. The van der Waals surface area contributed by atoms with Crippen LogP contribution in [0.4, 0.5) is 11.5 Å². The van der Waals surface area contributed by atoms with Gasteiger partial charge in [-0.3, -0.25) is 10.1 Å². The number of pyridine rings is 1. The summed E-state index contributed by atoms with van der Waals surface area (Å²) in [6.45, 7) is 4.76. The Balaban J connectivity index is 3.27. The van der Waals surface area contributed by atoms with Crippen LogP contribution in [0, 0.1) is 10.1 Å². The molecular formula is C11H18N4O3. The van der Waals surface area contributed by atoms with Gasteiger partial charge in [0.05, 0.1) is 12.0 Å². The van der Waals surface area contributed by atoms with E-state index in [4.69, 9.17) is 10.5 Å². The maximum absolute atomic E-state index is 11.0. The van der Waals surface area contributed by atoms with E-state index in [1.165, 1.54) is 19.2 Å². The molecule has 0 amide bonds. The summed E-state index contributed by atoms with van der Waals surface area (Å²) in [5.74, 6) is 0.637. The second-order valence-corrected chi connectivity index (χ2v) is 4.03. The first-order chi connectivity index (χ1) is 8.51. The third kappa shape index (κ3) is 3.07. The van der Waals surface area contributed by atoms with Gasteiger partial charge < -0.3 is 15.4 Å². The van der Waals surface area contributed by atoms with Crippen molar-refractivity contribution in [2.75, 3.05) is 25.1 Å². The summed E-state index contributed by atoms with van der Waals surface area (Å²) >= 11 is 0. The topological polar surface area (TPSA) is 94.5 Å². The van der Waals surface area contributed by atoms with E-state index < -0.39 is 4.92 Å². The molecule has 0 bridgehead atoms. The lowest BCUT2D eigenvalue weighted by Crippen LogP contribution is -2.36. The van der Waals surface area contributed by atoms with Gasteiger partial charge in [0.2, 0.25) is 11.7 Å². The molecule has 1 rings (SSSR count). The van der Waals surface area contributed by atoms with Gasteiger partial charge in [0, 0.05) is 31.3 Å². The number of hydrogen-bond acceptors (Lipinski definition) is 6. The quantitative estimate of drug-likeness (QED) is 0.605. The van der Waals surface area contributed by atoms with Crippen LogP contribution in [0.15, 0.2) is 12.1 Å². The standard InChI is InChI=1S/C11H18N4O3/c1-8(2)14(7-6-12)11-9(15(16)17)4-5-10(13-11)18-3/h4-5,8H,6-7,12H2,1-3H3. The van der Waals surface area contributed by atoms with Gasteiger partial charge in [-0.25, -0.2) is 0 Å². The predicted molar refractivity (Wildman–Crippen MR) is 69.0 cm³/mol. The molecule has 2 N–H and O–H groups in total. The third-order valence-electron chi connectivity index (χ3n) is 2.50. The van der Waals surface area contributed by atoms with Gasteiger partial charge in [-0.15, -0.1) is 0 Å². The van der Waals surface area contributed by atoms with Crippen LogP contribution in [0.25, 0.3) is 0 Å². The van der Waals surface area contributed by atoms with E-state index in [0.29, 0.717) is 24.8 Å². The summed E-state index contributed by atoms with van der Waals surface area (Å²) in [6.07, 6.45) is 0. The number of aromatic nitrogens is 1. The van der Waals surface area contributed by atoms with E-state index in [1.807, 2.05) is 13.8 Å². The number of rotatable bonds is 6. The van der Waals surface area contributed by atoms with E-state index in [-0.39, 0.29) is 11.7 Å². The molecule has 18 heavy (non-hydrogen) atoms. The second kappa shape index (κ2) is 6.15. The SMILES string of the molecule is COc1ccc([N+](=O)[O-])c(N(CCN)C(C)C)n1. The fraction of sp³-hybridized carbons (Fsp3) is 0.545. The van der Waals surface area contributed by atoms with Crippen LogP contribution >= 0.6 is 0 Å². The molecule has 1 aromatic heterocycles. The first-order valence-corrected chi connectivity index (χ1v) is 5.67. The number of anilines is 1. The van der Waals surface area contributed by atoms with E-state index in [0.717, 1.165) is 0 Å². The zero-order valence-electron chi connectivity index (χ0n) is 10.8. The zero-order chi connectivity index (χ0) is 13.7. The molecule has 1 heterocycles. The van der Waals surface area contributed by atoms with Crippen molar-refractivity contribution in [2.45, 2.75) is 19.9 Å². The van der Waals surface area contributed by atoms with E-state index in [1.54, 1.807) is 4.90 Å². The third-order valence-corrected chi connectivity index (χ3v) is 2.50. The summed E-state index contributed by atoms with van der Waals surface area (Å²) < 4.78 is 5.01. The van der Waals surface area contributed by atoms with Gasteiger partial charge in [-0.05, 0) is 13.8 Å². The minimum atomic E-state index is -0.451. The molecule has 1 aromatic rings. The van der Waals surface area contributed by atoms with Crippen LogP contribution < -0.4 is 15.4 Å². The van der Waals surface area contributed by atoms with Gasteiger partial charge in [0.15, 0.2) is 0 Å². The minimum absolute atomic E-state index is 0.0436. The molecule has 100 valence electrons. The summed E-state index contributed by atoms with van der Waals surface area (Å²) in [7, 11) is 1.47. The molecule has 7 heteroatoms. The Morgan fingerprint density at radius 3 is 2.67 bits per heavy atom. The van der Waals surface area contributed by atoms with E-state index in [2.05, 4.69) is 4.98 Å². The Labute approximate surface area is 106 Å². The van der Waals surface area contributed by atoms with Gasteiger partial charge in [0.25, 0.3) is 0 Å². The maximum atomic E-state index is 11.0. The molecule has 0 radical (unpaired) electrons. The zero-order valence-corrected chi connectivity index (χ0v) is 10.8. The van der Waals surface area contributed by atoms with Crippen molar-refractivity contribution in [3.63, 3.8) is 0 Å². The first-order valence-electron chi connectivity index (χ1n) is 5.67. The lowest BCUT2D eigenvalue weighted by Gasteiger charge is -2.26. The normalized spacial score (nSPS) is 10.5. The monoisotopic (exact) mass is 254 g/mol. The van der Waals surface area contributed by atoms with E-state index in [9.17, 15) is 10.1 Å². The Hall–Kier alpha value is -1.89. The largest absolute Gasteiger partial charge is 0.481 e. The van der Waals surface area contributed by atoms with Crippen molar-refractivity contribution in [1.82, 2.24) is 4.98 Å². The Kier molecular flexibility index (Phi) is 4.85. The van der Waals surface area contributed by atoms with Crippen LogP contribution in [0.5, 0.6) is 5.88 Å². The summed E-state index contributed by atoms with van der Waals surface area (Å²) in [5, 5.41) is 11.0. The number of hydrogen-bond donors (Lipinski definition) is 1. The van der Waals surface area contributed by atoms with Crippen molar-refractivity contribution in [2.24, 2.45) is 5.73 Å². The van der Waals surface area contributed by atoms with Gasteiger partial charge in [-0.2, -0.15) is 4.98 Å².